The quantitative estimate of drug-likeness (QED) is 0.333. The Hall–Kier alpha value is -3.74. The van der Waals surface area contributed by atoms with Crippen LogP contribution in [-0.4, -0.2) is 31.3 Å². The molecule has 0 fully saturated rings. The van der Waals surface area contributed by atoms with Crippen LogP contribution in [0.2, 0.25) is 0 Å². The molecule has 0 amide bonds. The van der Waals surface area contributed by atoms with Crippen LogP contribution >= 0.6 is 0 Å². The van der Waals surface area contributed by atoms with Crippen molar-refractivity contribution in [2.45, 2.75) is 13.8 Å². The molecule has 0 spiro atoms. The minimum Gasteiger partial charge on any atom is -0.507 e. The predicted octanol–water partition coefficient (Wildman–Crippen LogP) is 5.42. The fourth-order valence-corrected chi connectivity index (χ4v) is 3.04. The number of carboxylic acid groups (broad SMARTS) is 1. The first kappa shape index (κ1) is 25.5. The molecule has 0 unspecified atom stereocenters. The van der Waals surface area contributed by atoms with Gasteiger partial charge in [0.15, 0.2) is 11.6 Å². The average Bonchev–Trinajstić information content (AvgIpc) is 2.75. The summed E-state index contributed by atoms with van der Waals surface area (Å²) in [6.07, 6.45) is 0. The fourth-order valence-electron chi connectivity index (χ4n) is 3.04. The maximum atomic E-state index is 13.7. The number of halogens is 1. The van der Waals surface area contributed by atoms with Crippen molar-refractivity contribution >= 4 is 5.97 Å². The van der Waals surface area contributed by atoms with Gasteiger partial charge in [-0.25, -0.2) is 14.4 Å². The number of rotatable bonds is 3. The number of hydrogen-bond acceptors (Lipinski definition) is 5. The molecule has 0 aliphatic carbocycles. The third-order valence-corrected chi connectivity index (χ3v) is 4.45. The number of pyridine rings is 2. The smallest absolute Gasteiger partial charge is 0.300 e. The molecule has 6 nitrogen and oxygen atoms in total. The first-order valence-corrected chi connectivity index (χ1v) is 9.68. The molecule has 1 radical (unpaired) electrons. The number of aromatic hydroxyl groups is 2. The zero-order valence-corrected chi connectivity index (χ0v) is 19.0. The van der Waals surface area contributed by atoms with Gasteiger partial charge in [-0.15, -0.1) is 0 Å². The van der Waals surface area contributed by atoms with Gasteiger partial charge in [0.05, 0.1) is 22.8 Å². The SMILES string of the molecule is CC(=O)O.Cc1ccc(-c2cccc(-c3cccc(-c4cccc(F)c4O)n3)n2)c(O)c1.[Mn]. The Morgan fingerprint density at radius 3 is 1.82 bits per heavy atom. The molecule has 4 aromatic rings. The summed E-state index contributed by atoms with van der Waals surface area (Å²) in [6.45, 7) is 2.99. The number of carbonyl (C=O) groups is 1. The standard InChI is InChI=1S/C23H17FN2O2.C2H4O2.Mn/c1-14-11-12-15(22(27)13-14)18-7-3-9-20(25-18)21-10-4-8-19(26-21)16-5-2-6-17(24)23(16)28;1-2(3)4;/h2-13,27-28H,1H3;1H3,(H,3,4);. The van der Waals surface area contributed by atoms with Crippen molar-refractivity contribution in [3.8, 4) is 45.4 Å². The summed E-state index contributed by atoms with van der Waals surface area (Å²) in [7, 11) is 0. The van der Waals surface area contributed by atoms with E-state index in [9.17, 15) is 14.6 Å². The number of hydrogen-bond donors (Lipinski definition) is 3. The molecule has 4 rings (SSSR count). The van der Waals surface area contributed by atoms with Gasteiger partial charge >= 0.3 is 0 Å². The zero-order chi connectivity index (χ0) is 23.3. The van der Waals surface area contributed by atoms with Crippen molar-refractivity contribution in [3.05, 3.63) is 84.2 Å². The number of nitrogens with zero attached hydrogens (tertiary/aromatic N) is 2. The Labute approximate surface area is 200 Å². The van der Waals surface area contributed by atoms with Gasteiger partial charge < -0.3 is 15.3 Å². The molecule has 2 aromatic heterocycles. The second-order valence-corrected chi connectivity index (χ2v) is 6.99. The van der Waals surface area contributed by atoms with E-state index in [1.807, 2.05) is 37.3 Å². The van der Waals surface area contributed by atoms with Crippen molar-refractivity contribution in [3.63, 3.8) is 0 Å². The molecule has 0 saturated carbocycles. The van der Waals surface area contributed by atoms with Gasteiger partial charge in [0.2, 0.25) is 0 Å². The normalized spacial score (nSPS) is 9.91. The van der Waals surface area contributed by atoms with Crippen molar-refractivity contribution in [2.24, 2.45) is 0 Å². The Morgan fingerprint density at radius 1 is 0.788 bits per heavy atom. The number of para-hydroxylation sites is 1. The Morgan fingerprint density at radius 2 is 1.27 bits per heavy atom. The molecule has 169 valence electrons. The Balaban J connectivity index is 0.000000714. The van der Waals surface area contributed by atoms with E-state index in [2.05, 4.69) is 9.97 Å². The van der Waals surface area contributed by atoms with Crippen molar-refractivity contribution in [2.75, 3.05) is 0 Å². The van der Waals surface area contributed by atoms with Crippen LogP contribution in [-0.2, 0) is 21.9 Å². The summed E-state index contributed by atoms with van der Waals surface area (Å²) < 4.78 is 13.7. The molecule has 3 N–H and O–H groups in total. The van der Waals surface area contributed by atoms with E-state index in [-0.39, 0.29) is 22.8 Å². The van der Waals surface area contributed by atoms with E-state index in [0.29, 0.717) is 33.9 Å². The van der Waals surface area contributed by atoms with Crippen LogP contribution in [0.3, 0.4) is 0 Å². The van der Waals surface area contributed by atoms with E-state index in [1.54, 1.807) is 30.3 Å². The van der Waals surface area contributed by atoms with E-state index in [4.69, 9.17) is 9.90 Å². The van der Waals surface area contributed by atoms with Crippen LogP contribution in [0.15, 0.2) is 72.8 Å². The summed E-state index contributed by atoms with van der Waals surface area (Å²) in [4.78, 5) is 18.2. The number of phenolic OH excluding ortho intramolecular Hbond substituents is 2. The van der Waals surface area contributed by atoms with Crippen LogP contribution in [0.4, 0.5) is 4.39 Å². The number of aromatic nitrogens is 2. The minimum absolute atomic E-state index is 0. The minimum atomic E-state index is -0.833. The maximum absolute atomic E-state index is 13.7. The average molecular weight is 487 g/mol. The first-order chi connectivity index (χ1) is 15.3. The third kappa shape index (κ3) is 6.38. The van der Waals surface area contributed by atoms with Gasteiger partial charge in [0, 0.05) is 35.1 Å². The van der Waals surface area contributed by atoms with Crippen LogP contribution in [0.1, 0.15) is 12.5 Å². The predicted molar refractivity (Wildman–Crippen MR) is 120 cm³/mol. The van der Waals surface area contributed by atoms with Crippen molar-refractivity contribution in [1.29, 1.82) is 0 Å². The molecule has 0 saturated heterocycles. The second kappa shape index (κ2) is 11.2. The van der Waals surface area contributed by atoms with Crippen LogP contribution in [0.25, 0.3) is 33.9 Å². The van der Waals surface area contributed by atoms with E-state index in [0.717, 1.165) is 12.5 Å². The summed E-state index contributed by atoms with van der Waals surface area (Å²) in [5.41, 5.74) is 4.16. The Kier molecular flexibility index (Phi) is 8.68. The van der Waals surface area contributed by atoms with E-state index < -0.39 is 17.5 Å². The number of benzene rings is 2. The topological polar surface area (TPSA) is 104 Å². The largest absolute Gasteiger partial charge is 0.507 e. The summed E-state index contributed by atoms with van der Waals surface area (Å²) in [5.74, 6) is -1.80. The van der Waals surface area contributed by atoms with Gasteiger partial charge in [0.25, 0.3) is 5.97 Å². The number of carboxylic acids is 1. The second-order valence-electron chi connectivity index (χ2n) is 6.99. The molecule has 0 aliphatic rings. The van der Waals surface area contributed by atoms with Crippen LogP contribution < -0.4 is 0 Å². The van der Waals surface area contributed by atoms with Gasteiger partial charge in [0.1, 0.15) is 5.75 Å². The number of aryl methyl sites for hydroxylation is 1. The van der Waals surface area contributed by atoms with E-state index in [1.165, 1.54) is 12.1 Å². The Bertz CT molecular complexity index is 1280. The first-order valence-electron chi connectivity index (χ1n) is 9.68. The molecule has 0 atom stereocenters. The summed E-state index contributed by atoms with van der Waals surface area (Å²) >= 11 is 0. The van der Waals surface area contributed by atoms with E-state index >= 15 is 0 Å². The third-order valence-electron chi connectivity index (χ3n) is 4.45. The molecular formula is C25H21FMnN2O4. The molecule has 8 heteroatoms. The summed E-state index contributed by atoms with van der Waals surface area (Å²) in [5, 5.41) is 27.7. The van der Waals surface area contributed by atoms with Gasteiger partial charge in [-0.05, 0) is 61.0 Å². The van der Waals surface area contributed by atoms with Gasteiger partial charge in [-0.3, -0.25) is 4.79 Å². The monoisotopic (exact) mass is 487 g/mol. The molecular weight excluding hydrogens is 466 g/mol. The number of aliphatic carboxylic acids is 1. The van der Waals surface area contributed by atoms with Crippen LogP contribution in [0, 0.1) is 12.7 Å². The zero-order valence-electron chi connectivity index (χ0n) is 17.8. The van der Waals surface area contributed by atoms with Crippen molar-refractivity contribution in [1.82, 2.24) is 9.97 Å². The molecule has 0 aliphatic heterocycles. The molecule has 2 heterocycles. The molecule has 2 aromatic carbocycles. The molecule has 33 heavy (non-hydrogen) atoms. The van der Waals surface area contributed by atoms with Gasteiger partial charge in [-0.1, -0.05) is 24.3 Å². The van der Waals surface area contributed by atoms with Crippen molar-refractivity contribution < 1.29 is 41.6 Å². The fraction of sp³-hybridized carbons (Fsp3) is 0.0800. The maximum Gasteiger partial charge on any atom is 0.300 e. The van der Waals surface area contributed by atoms with Crippen LogP contribution in [0.5, 0.6) is 11.5 Å². The summed E-state index contributed by atoms with van der Waals surface area (Å²) in [6, 6.07) is 20.5. The molecule has 0 bridgehead atoms. The number of phenols is 2. The van der Waals surface area contributed by atoms with Gasteiger partial charge in [-0.2, -0.15) is 0 Å².